The highest BCUT2D eigenvalue weighted by Crippen LogP contribution is 2.13. The molecule has 0 radical (unpaired) electrons. The fraction of sp³-hybridized carbons (Fsp3) is 0.412. The van der Waals surface area contributed by atoms with Crippen LogP contribution in [0.4, 0.5) is 0 Å². The van der Waals surface area contributed by atoms with Crippen LogP contribution in [0, 0.1) is 6.92 Å². The summed E-state index contributed by atoms with van der Waals surface area (Å²) in [5, 5.41) is 10.6. The van der Waals surface area contributed by atoms with Crippen molar-refractivity contribution < 1.29 is 4.52 Å². The molecule has 0 unspecified atom stereocenters. The third-order valence-corrected chi connectivity index (χ3v) is 3.36. The Balaban J connectivity index is 0.00000264. The van der Waals surface area contributed by atoms with Crippen molar-refractivity contribution >= 4 is 29.9 Å². The zero-order valence-corrected chi connectivity index (χ0v) is 16.4. The van der Waals surface area contributed by atoms with E-state index in [-0.39, 0.29) is 24.0 Å². The molecular formula is C17H25IN4O. The maximum atomic E-state index is 5.30. The maximum Gasteiger partial charge on any atom is 0.191 e. The molecule has 1 heterocycles. The molecule has 0 fully saturated rings. The van der Waals surface area contributed by atoms with E-state index in [0.29, 0.717) is 12.5 Å². The number of hydrogen-bond acceptors (Lipinski definition) is 3. The standard InChI is InChI=1S/C17H24N4O.HI/c1-12(2)16-9-15(22-21-16)11-20-17(18-4)19-10-14-7-5-6-13(3)8-14;/h5-9,12H,10-11H2,1-4H3,(H2,18,19,20);1H. The molecule has 2 rings (SSSR count). The molecule has 0 aliphatic carbocycles. The van der Waals surface area contributed by atoms with E-state index in [1.165, 1.54) is 11.1 Å². The van der Waals surface area contributed by atoms with Gasteiger partial charge in [-0.2, -0.15) is 0 Å². The van der Waals surface area contributed by atoms with Gasteiger partial charge in [-0.3, -0.25) is 4.99 Å². The summed E-state index contributed by atoms with van der Waals surface area (Å²) in [7, 11) is 1.76. The molecule has 0 atom stereocenters. The monoisotopic (exact) mass is 428 g/mol. The van der Waals surface area contributed by atoms with Gasteiger partial charge in [-0.25, -0.2) is 0 Å². The van der Waals surface area contributed by atoms with Gasteiger partial charge in [-0.05, 0) is 18.4 Å². The summed E-state index contributed by atoms with van der Waals surface area (Å²) in [6.45, 7) is 7.57. The maximum absolute atomic E-state index is 5.30. The van der Waals surface area contributed by atoms with Crippen molar-refractivity contribution in [2.45, 2.75) is 39.8 Å². The Morgan fingerprint density at radius 3 is 2.57 bits per heavy atom. The van der Waals surface area contributed by atoms with Gasteiger partial charge in [-0.1, -0.05) is 48.8 Å². The van der Waals surface area contributed by atoms with Gasteiger partial charge in [0, 0.05) is 19.7 Å². The Kier molecular flexibility index (Phi) is 8.08. The van der Waals surface area contributed by atoms with E-state index in [1.54, 1.807) is 7.05 Å². The fourth-order valence-electron chi connectivity index (χ4n) is 2.08. The molecule has 0 amide bonds. The summed E-state index contributed by atoms with van der Waals surface area (Å²) in [5.41, 5.74) is 3.45. The first kappa shape index (κ1) is 19.5. The number of nitrogens with zero attached hydrogens (tertiary/aromatic N) is 2. The zero-order valence-electron chi connectivity index (χ0n) is 14.1. The predicted molar refractivity (Wildman–Crippen MR) is 104 cm³/mol. The number of aliphatic imine (C=N–C) groups is 1. The number of halogens is 1. The molecule has 2 aromatic rings. The van der Waals surface area contributed by atoms with Crippen LogP contribution < -0.4 is 10.6 Å². The normalized spacial score (nSPS) is 11.3. The first-order valence-electron chi connectivity index (χ1n) is 7.54. The molecule has 5 nitrogen and oxygen atoms in total. The van der Waals surface area contributed by atoms with Crippen molar-refractivity contribution in [1.29, 1.82) is 0 Å². The third kappa shape index (κ3) is 6.21. The molecule has 23 heavy (non-hydrogen) atoms. The van der Waals surface area contributed by atoms with Crippen LogP contribution in [0.15, 0.2) is 39.8 Å². The van der Waals surface area contributed by atoms with E-state index in [1.807, 2.05) is 6.07 Å². The molecule has 2 N–H and O–H groups in total. The molecular weight excluding hydrogens is 403 g/mol. The van der Waals surface area contributed by atoms with Crippen molar-refractivity contribution in [2.75, 3.05) is 7.05 Å². The summed E-state index contributed by atoms with van der Waals surface area (Å²) in [4.78, 5) is 4.21. The Bertz CT molecular complexity index is 637. The van der Waals surface area contributed by atoms with Crippen LogP contribution in [-0.2, 0) is 13.1 Å². The van der Waals surface area contributed by atoms with Gasteiger partial charge in [0.25, 0.3) is 0 Å². The van der Waals surface area contributed by atoms with Gasteiger partial charge in [0.05, 0.1) is 12.2 Å². The molecule has 0 aliphatic rings. The van der Waals surface area contributed by atoms with Crippen LogP contribution in [0.3, 0.4) is 0 Å². The molecule has 0 saturated heterocycles. The van der Waals surface area contributed by atoms with E-state index in [2.05, 4.69) is 65.8 Å². The molecule has 0 saturated carbocycles. The van der Waals surface area contributed by atoms with Gasteiger partial charge in [0.2, 0.25) is 0 Å². The Hall–Kier alpha value is -1.57. The van der Waals surface area contributed by atoms with Gasteiger partial charge in [-0.15, -0.1) is 24.0 Å². The van der Waals surface area contributed by atoms with Crippen LogP contribution in [-0.4, -0.2) is 18.2 Å². The van der Waals surface area contributed by atoms with Crippen molar-refractivity contribution in [1.82, 2.24) is 15.8 Å². The van der Waals surface area contributed by atoms with Crippen molar-refractivity contribution in [3.8, 4) is 0 Å². The van der Waals surface area contributed by atoms with Crippen LogP contribution >= 0.6 is 24.0 Å². The smallest absolute Gasteiger partial charge is 0.191 e. The number of aryl methyl sites for hydroxylation is 1. The summed E-state index contributed by atoms with van der Waals surface area (Å²) in [6, 6.07) is 10.4. The lowest BCUT2D eigenvalue weighted by Crippen LogP contribution is -2.36. The van der Waals surface area contributed by atoms with Gasteiger partial charge in [0.15, 0.2) is 11.7 Å². The lowest BCUT2D eigenvalue weighted by Gasteiger charge is -2.11. The first-order valence-corrected chi connectivity index (χ1v) is 7.54. The van der Waals surface area contributed by atoms with Crippen molar-refractivity contribution in [3.05, 3.63) is 52.9 Å². The van der Waals surface area contributed by atoms with Crippen LogP contribution in [0.5, 0.6) is 0 Å². The molecule has 126 valence electrons. The summed E-state index contributed by atoms with van der Waals surface area (Å²) in [6.07, 6.45) is 0. The number of guanidine groups is 1. The number of aromatic nitrogens is 1. The van der Waals surface area contributed by atoms with E-state index < -0.39 is 0 Å². The van der Waals surface area contributed by atoms with E-state index in [4.69, 9.17) is 4.52 Å². The van der Waals surface area contributed by atoms with Crippen molar-refractivity contribution in [3.63, 3.8) is 0 Å². The lowest BCUT2D eigenvalue weighted by molar-refractivity contribution is 0.372. The Morgan fingerprint density at radius 2 is 1.96 bits per heavy atom. The second-order valence-corrected chi connectivity index (χ2v) is 5.64. The average molecular weight is 428 g/mol. The fourth-order valence-corrected chi connectivity index (χ4v) is 2.08. The van der Waals surface area contributed by atoms with Crippen LogP contribution in [0.25, 0.3) is 0 Å². The summed E-state index contributed by atoms with van der Waals surface area (Å²) in [5.74, 6) is 1.92. The zero-order chi connectivity index (χ0) is 15.9. The van der Waals surface area contributed by atoms with Crippen LogP contribution in [0.1, 0.15) is 42.3 Å². The summed E-state index contributed by atoms with van der Waals surface area (Å²) < 4.78 is 5.30. The van der Waals surface area contributed by atoms with Gasteiger partial charge >= 0.3 is 0 Å². The minimum absolute atomic E-state index is 0. The van der Waals surface area contributed by atoms with E-state index in [9.17, 15) is 0 Å². The number of hydrogen-bond donors (Lipinski definition) is 2. The summed E-state index contributed by atoms with van der Waals surface area (Å²) >= 11 is 0. The minimum Gasteiger partial charge on any atom is -0.359 e. The lowest BCUT2D eigenvalue weighted by atomic mass is 10.1. The molecule has 1 aromatic heterocycles. The quantitative estimate of drug-likeness (QED) is 0.434. The third-order valence-electron chi connectivity index (χ3n) is 3.36. The molecule has 6 heteroatoms. The SMILES string of the molecule is CN=C(NCc1cccc(C)c1)NCc1cc(C(C)C)no1.I. The Labute approximate surface area is 155 Å². The molecule has 0 bridgehead atoms. The predicted octanol–water partition coefficient (Wildman–Crippen LogP) is 3.59. The molecule has 0 spiro atoms. The second-order valence-electron chi connectivity index (χ2n) is 5.64. The highest BCUT2D eigenvalue weighted by atomic mass is 127. The molecule has 0 aliphatic heterocycles. The first-order chi connectivity index (χ1) is 10.6. The van der Waals surface area contributed by atoms with Crippen molar-refractivity contribution in [2.24, 2.45) is 4.99 Å². The number of rotatable bonds is 5. The van der Waals surface area contributed by atoms with E-state index >= 15 is 0 Å². The second kappa shape index (κ2) is 9.54. The minimum atomic E-state index is 0. The average Bonchev–Trinajstić information content (AvgIpc) is 2.97. The van der Waals surface area contributed by atoms with Gasteiger partial charge in [0.1, 0.15) is 0 Å². The molecule has 1 aromatic carbocycles. The highest BCUT2D eigenvalue weighted by molar-refractivity contribution is 14.0. The number of benzene rings is 1. The van der Waals surface area contributed by atoms with Crippen LogP contribution in [0.2, 0.25) is 0 Å². The number of nitrogens with one attached hydrogen (secondary N) is 2. The Morgan fingerprint density at radius 1 is 1.22 bits per heavy atom. The topological polar surface area (TPSA) is 62.5 Å². The largest absolute Gasteiger partial charge is 0.359 e. The van der Waals surface area contributed by atoms with Gasteiger partial charge < -0.3 is 15.2 Å². The highest BCUT2D eigenvalue weighted by Gasteiger charge is 2.08. The van der Waals surface area contributed by atoms with E-state index in [0.717, 1.165) is 24.0 Å².